The van der Waals surface area contributed by atoms with Gasteiger partial charge in [-0.25, -0.2) is 0 Å². The lowest BCUT2D eigenvalue weighted by atomic mass is 10.0. The molecular formula is C12H17NO2. The summed E-state index contributed by atoms with van der Waals surface area (Å²) in [6, 6.07) is 5.61. The van der Waals surface area contributed by atoms with E-state index in [1.54, 1.807) is 6.07 Å². The standard InChI is InChI=1S/C12H17NO2/c1-3-5-10-7-8-11(6-4-2)12(9-10)13(14)15/h7-9H,3-6H2,1-2H3. The fourth-order valence-corrected chi connectivity index (χ4v) is 1.70. The third-order valence-corrected chi connectivity index (χ3v) is 2.40. The second-order valence-electron chi connectivity index (χ2n) is 3.72. The van der Waals surface area contributed by atoms with Crippen LogP contribution in [0.1, 0.15) is 37.8 Å². The SMILES string of the molecule is CCCc1ccc(CCC)c([N+](=O)[O-])c1. The van der Waals surface area contributed by atoms with Gasteiger partial charge in [-0.3, -0.25) is 10.1 Å². The first-order chi connectivity index (χ1) is 7.19. The lowest BCUT2D eigenvalue weighted by Crippen LogP contribution is -1.97. The predicted octanol–water partition coefficient (Wildman–Crippen LogP) is 3.50. The van der Waals surface area contributed by atoms with Gasteiger partial charge in [0.25, 0.3) is 5.69 Å². The van der Waals surface area contributed by atoms with Gasteiger partial charge >= 0.3 is 0 Å². The topological polar surface area (TPSA) is 43.1 Å². The van der Waals surface area contributed by atoms with Gasteiger partial charge in [-0.15, -0.1) is 0 Å². The van der Waals surface area contributed by atoms with Crippen molar-refractivity contribution >= 4 is 5.69 Å². The molecule has 0 amide bonds. The molecule has 1 aromatic rings. The van der Waals surface area contributed by atoms with Crippen LogP contribution in [-0.2, 0) is 12.8 Å². The summed E-state index contributed by atoms with van der Waals surface area (Å²) in [7, 11) is 0. The largest absolute Gasteiger partial charge is 0.272 e. The molecule has 0 radical (unpaired) electrons. The minimum absolute atomic E-state index is 0.274. The van der Waals surface area contributed by atoms with Gasteiger partial charge in [0, 0.05) is 11.6 Å². The van der Waals surface area contributed by atoms with Gasteiger partial charge in [0.15, 0.2) is 0 Å². The summed E-state index contributed by atoms with van der Waals surface area (Å²) in [5, 5.41) is 10.9. The van der Waals surface area contributed by atoms with Gasteiger partial charge in [-0.2, -0.15) is 0 Å². The van der Waals surface area contributed by atoms with Crippen LogP contribution in [0.2, 0.25) is 0 Å². The molecule has 0 aliphatic carbocycles. The Bertz CT molecular complexity index is 347. The van der Waals surface area contributed by atoms with Gasteiger partial charge in [0.2, 0.25) is 0 Å². The van der Waals surface area contributed by atoms with Crippen molar-refractivity contribution in [2.24, 2.45) is 0 Å². The van der Waals surface area contributed by atoms with E-state index in [9.17, 15) is 10.1 Å². The molecule has 0 aromatic heterocycles. The molecule has 3 heteroatoms. The minimum Gasteiger partial charge on any atom is -0.258 e. The second kappa shape index (κ2) is 5.49. The average molecular weight is 207 g/mol. The zero-order valence-electron chi connectivity index (χ0n) is 9.32. The van der Waals surface area contributed by atoms with Gasteiger partial charge in [0.05, 0.1) is 4.92 Å². The van der Waals surface area contributed by atoms with Crippen LogP contribution in [0.25, 0.3) is 0 Å². The molecule has 0 unspecified atom stereocenters. The molecule has 3 nitrogen and oxygen atoms in total. The Balaban J connectivity index is 3.03. The minimum atomic E-state index is -0.274. The van der Waals surface area contributed by atoms with Crippen molar-refractivity contribution in [1.82, 2.24) is 0 Å². The van der Waals surface area contributed by atoms with E-state index in [-0.39, 0.29) is 10.6 Å². The molecule has 0 bridgehead atoms. The van der Waals surface area contributed by atoms with E-state index in [1.165, 1.54) is 0 Å². The van der Waals surface area contributed by atoms with E-state index in [0.717, 1.165) is 36.8 Å². The van der Waals surface area contributed by atoms with Crippen LogP contribution in [0.4, 0.5) is 5.69 Å². The number of rotatable bonds is 5. The maximum absolute atomic E-state index is 10.9. The quantitative estimate of drug-likeness (QED) is 0.547. The fourth-order valence-electron chi connectivity index (χ4n) is 1.70. The van der Waals surface area contributed by atoms with Crippen LogP contribution in [0.15, 0.2) is 18.2 Å². The van der Waals surface area contributed by atoms with Crippen molar-refractivity contribution in [2.75, 3.05) is 0 Å². The average Bonchev–Trinajstić information content (AvgIpc) is 2.21. The number of hydrogen-bond acceptors (Lipinski definition) is 2. The van der Waals surface area contributed by atoms with Crippen LogP contribution in [0, 0.1) is 10.1 Å². The zero-order chi connectivity index (χ0) is 11.3. The zero-order valence-corrected chi connectivity index (χ0v) is 9.32. The van der Waals surface area contributed by atoms with Gasteiger partial charge in [0.1, 0.15) is 0 Å². The van der Waals surface area contributed by atoms with Gasteiger partial charge in [-0.1, -0.05) is 38.8 Å². The molecule has 0 aliphatic rings. The van der Waals surface area contributed by atoms with E-state index in [0.29, 0.717) is 0 Å². The summed E-state index contributed by atoms with van der Waals surface area (Å²) in [6.07, 6.45) is 3.65. The highest BCUT2D eigenvalue weighted by Crippen LogP contribution is 2.22. The van der Waals surface area contributed by atoms with Crippen LogP contribution < -0.4 is 0 Å². The van der Waals surface area contributed by atoms with E-state index < -0.39 is 0 Å². The summed E-state index contributed by atoms with van der Waals surface area (Å²) in [5.41, 5.74) is 2.19. The maximum Gasteiger partial charge on any atom is 0.272 e. The van der Waals surface area contributed by atoms with Crippen molar-refractivity contribution in [1.29, 1.82) is 0 Å². The molecule has 0 fully saturated rings. The number of aryl methyl sites for hydroxylation is 2. The molecule has 0 N–H and O–H groups in total. The molecule has 82 valence electrons. The molecule has 1 rings (SSSR count). The van der Waals surface area contributed by atoms with Crippen molar-refractivity contribution in [3.8, 4) is 0 Å². The normalized spacial score (nSPS) is 10.3. The number of nitro benzene ring substituents is 1. The predicted molar refractivity (Wildman–Crippen MR) is 61.1 cm³/mol. The molecule has 0 saturated carbocycles. The summed E-state index contributed by atoms with van der Waals surface area (Å²) >= 11 is 0. The van der Waals surface area contributed by atoms with E-state index in [2.05, 4.69) is 6.92 Å². The monoisotopic (exact) mass is 207 g/mol. The maximum atomic E-state index is 10.9. The lowest BCUT2D eigenvalue weighted by Gasteiger charge is -2.04. The molecule has 0 atom stereocenters. The van der Waals surface area contributed by atoms with E-state index in [4.69, 9.17) is 0 Å². The third kappa shape index (κ3) is 3.05. The Morgan fingerprint density at radius 3 is 2.40 bits per heavy atom. The van der Waals surface area contributed by atoms with Crippen molar-refractivity contribution in [3.05, 3.63) is 39.4 Å². The Kier molecular flexibility index (Phi) is 4.28. The molecule has 0 spiro atoms. The number of benzene rings is 1. The number of nitro groups is 1. The first-order valence-electron chi connectivity index (χ1n) is 5.45. The summed E-state index contributed by atoms with van der Waals surface area (Å²) in [6.45, 7) is 4.11. The van der Waals surface area contributed by atoms with E-state index >= 15 is 0 Å². The number of hydrogen-bond donors (Lipinski definition) is 0. The summed E-state index contributed by atoms with van der Waals surface area (Å²) in [4.78, 5) is 10.6. The highest BCUT2D eigenvalue weighted by molar-refractivity contribution is 5.43. The molecular weight excluding hydrogens is 190 g/mol. The summed E-state index contributed by atoms with van der Waals surface area (Å²) in [5.74, 6) is 0. The first-order valence-corrected chi connectivity index (χ1v) is 5.45. The Morgan fingerprint density at radius 1 is 1.20 bits per heavy atom. The molecule has 0 aliphatic heterocycles. The second-order valence-corrected chi connectivity index (χ2v) is 3.72. The molecule has 15 heavy (non-hydrogen) atoms. The van der Waals surface area contributed by atoms with Crippen LogP contribution in [0.5, 0.6) is 0 Å². The van der Waals surface area contributed by atoms with Crippen molar-refractivity contribution < 1.29 is 4.92 Å². The Hall–Kier alpha value is -1.38. The highest BCUT2D eigenvalue weighted by Gasteiger charge is 2.13. The van der Waals surface area contributed by atoms with Crippen molar-refractivity contribution in [2.45, 2.75) is 39.5 Å². The van der Waals surface area contributed by atoms with Crippen LogP contribution in [0.3, 0.4) is 0 Å². The Morgan fingerprint density at radius 2 is 1.87 bits per heavy atom. The van der Waals surface area contributed by atoms with E-state index in [1.807, 2.05) is 19.1 Å². The van der Waals surface area contributed by atoms with Crippen molar-refractivity contribution in [3.63, 3.8) is 0 Å². The van der Waals surface area contributed by atoms with Crippen LogP contribution in [-0.4, -0.2) is 4.92 Å². The summed E-state index contributed by atoms with van der Waals surface area (Å²) < 4.78 is 0. The van der Waals surface area contributed by atoms with Gasteiger partial charge < -0.3 is 0 Å². The highest BCUT2D eigenvalue weighted by atomic mass is 16.6. The van der Waals surface area contributed by atoms with Gasteiger partial charge in [-0.05, 0) is 18.4 Å². The molecule has 0 heterocycles. The molecule has 0 saturated heterocycles. The smallest absolute Gasteiger partial charge is 0.258 e. The fraction of sp³-hybridized carbons (Fsp3) is 0.500. The number of nitrogens with zero attached hydrogens (tertiary/aromatic N) is 1. The lowest BCUT2D eigenvalue weighted by molar-refractivity contribution is -0.385. The van der Waals surface area contributed by atoms with Crippen LogP contribution >= 0.6 is 0 Å². The first kappa shape index (κ1) is 11.7. The molecule has 1 aromatic carbocycles. The Labute approximate surface area is 90.3 Å². The third-order valence-electron chi connectivity index (χ3n) is 2.40.